The Balaban J connectivity index is -0.0000000522. The molecule has 0 spiro atoms. The molecule has 0 amide bonds. The van der Waals surface area contributed by atoms with E-state index in [-0.39, 0.29) is 0 Å². The summed E-state index contributed by atoms with van der Waals surface area (Å²) in [4.78, 5) is 0. The number of hydrogen-bond donors (Lipinski definition) is 0. The van der Waals surface area contributed by atoms with Gasteiger partial charge in [-0.3, -0.25) is 0 Å². The molecule has 0 fully saturated rings. The number of hydrogen-bond acceptors (Lipinski definition) is 0. The third-order valence-electron chi connectivity index (χ3n) is 3.43. The summed E-state index contributed by atoms with van der Waals surface area (Å²) in [7, 11) is 0. The van der Waals surface area contributed by atoms with E-state index in [1.54, 1.807) is 0 Å². The Morgan fingerprint density at radius 3 is 0.926 bits per heavy atom. The van der Waals surface area contributed by atoms with Gasteiger partial charge < -0.3 is 0 Å². The molecule has 0 N–H and O–H groups in total. The van der Waals surface area contributed by atoms with E-state index in [0.29, 0.717) is 0 Å². The van der Waals surface area contributed by atoms with E-state index in [0.717, 1.165) is 17.8 Å². The predicted molar refractivity (Wildman–Crippen MR) is 137 cm³/mol. The van der Waals surface area contributed by atoms with E-state index in [1.165, 1.54) is 57.8 Å². The Hall–Kier alpha value is 0. The second-order valence-electron chi connectivity index (χ2n) is 8.05. The van der Waals surface area contributed by atoms with Crippen molar-refractivity contribution in [1.29, 1.82) is 0 Å². The van der Waals surface area contributed by atoms with Crippen molar-refractivity contribution < 1.29 is 0 Å². The van der Waals surface area contributed by atoms with Crippen molar-refractivity contribution in [3.05, 3.63) is 0 Å². The molecule has 1 atom stereocenters. The fourth-order valence-electron chi connectivity index (χ4n) is 1.33. The van der Waals surface area contributed by atoms with Crippen LogP contribution < -0.4 is 0 Å². The van der Waals surface area contributed by atoms with Crippen LogP contribution in [0.1, 0.15) is 162 Å². The molecular weight excluding hydrogens is 324 g/mol. The minimum Gasteiger partial charge on any atom is -0.0683 e. The first-order chi connectivity index (χ1) is 12.7. The molecule has 0 bridgehead atoms. The van der Waals surface area contributed by atoms with Crippen LogP contribution >= 0.6 is 0 Å². The van der Waals surface area contributed by atoms with Gasteiger partial charge in [-0.25, -0.2) is 0 Å². The van der Waals surface area contributed by atoms with Gasteiger partial charge in [-0.15, -0.1) is 0 Å². The monoisotopic (exact) mass is 391 g/mol. The van der Waals surface area contributed by atoms with Crippen LogP contribution in [0.4, 0.5) is 0 Å². The van der Waals surface area contributed by atoms with Crippen molar-refractivity contribution in [3.8, 4) is 0 Å². The molecule has 0 aromatic rings. The fourth-order valence-corrected chi connectivity index (χ4v) is 1.33. The van der Waals surface area contributed by atoms with Gasteiger partial charge in [0.25, 0.3) is 0 Å². The molecule has 0 heteroatoms. The minimum absolute atomic E-state index is 0.884. The van der Waals surface area contributed by atoms with E-state index in [4.69, 9.17) is 0 Å². The lowest BCUT2D eigenvalue weighted by Gasteiger charge is -2.04. The third-order valence-corrected chi connectivity index (χ3v) is 3.43. The Morgan fingerprint density at radius 2 is 0.815 bits per heavy atom. The van der Waals surface area contributed by atoms with E-state index < -0.39 is 0 Å². The molecule has 0 aromatic carbocycles. The van der Waals surface area contributed by atoms with Crippen molar-refractivity contribution in [3.63, 3.8) is 0 Å². The SMILES string of the molecule is CC.CCC.CCC.CCC(C)C.CCCC(C)C.CCCCC(C)CC. The van der Waals surface area contributed by atoms with Gasteiger partial charge in [0.1, 0.15) is 0 Å². The normalized spacial score (nSPS) is 9.67. The van der Waals surface area contributed by atoms with Crippen LogP contribution in [-0.4, -0.2) is 0 Å². The van der Waals surface area contributed by atoms with Gasteiger partial charge in [0.05, 0.1) is 0 Å². The highest BCUT2D eigenvalue weighted by Gasteiger charge is 1.94. The first kappa shape index (κ1) is 41.4. The summed E-state index contributed by atoms with van der Waals surface area (Å²) in [6.07, 6.45) is 12.0. The predicted octanol–water partition coefficient (Wildman–Crippen LogP) is 11.6. The van der Waals surface area contributed by atoms with Gasteiger partial charge in [0.15, 0.2) is 0 Å². The smallest absolute Gasteiger partial charge is 0.0445 e. The van der Waals surface area contributed by atoms with Gasteiger partial charge in [-0.2, -0.15) is 0 Å². The highest BCUT2D eigenvalue weighted by atomic mass is 14.0. The fraction of sp³-hybridized carbons (Fsp3) is 1.00. The maximum atomic E-state index is 2.33. The molecule has 0 aromatic heterocycles. The maximum absolute atomic E-state index is 2.33. The van der Waals surface area contributed by atoms with Crippen LogP contribution in [-0.2, 0) is 0 Å². The van der Waals surface area contributed by atoms with Crippen LogP contribution in [0, 0.1) is 17.8 Å². The first-order valence-electron chi connectivity index (χ1n) is 12.7. The van der Waals surface area contributed by atoms with Crippen molar-refractivity contribution in [1.82, 2.24) is 0 Å². The van der Waals surface area contributed by atoms with Crippen LogP contribution in [0.2, 0.25) is 0 Å². The lowest BCUT2D eigenvalue weighted by atomic mass is 10.0. The topological polar surface area (TPSA) is 0 Å². The highest BCUT2D eigenvalue weighted by molar-refractivity contribution is 4.47. The van der Waals surface area contributed by atoms with Crippen LogP contribution in [0.25, 0.3) is 0 Å². The van der Waals surface area contributed by atoms with Gasteiger partial charge in [-0.05, 0) is 17.8 Å². The minimum atomic E-state index is 0.884. The molecule has 0 saturated carbocycles. The zero-order chi connectivity index (χ0) is 23.1. The summed E-state index contributed by atoms with van der Waals surface area (Å²) in [5.74, 6) is 2.74. The Labute approximate surface area is 179 Å². The standard InChI is InChI=1S/C8H18.C6H14.C5H12.2C3H8.C2H6/c1-4-6-7-8(3)5-2;1-4-5-6(2)3;1-4-5(2)3;2*1-3-2;1-2/h8H,4-7H2,1-3H3;6H,4-5H2,1-3H3;5H,4H2,1-3H3;2*3H2,1-2H3;1-2H3. The lowest BCUT2D eigenvalue weighted by molar-refractivity contribution is 0.492. The molecule has 0 rings (SSSR count). The van der Waals surface area contributed by atoms with Crippen LogP contribution in [0.5, 0.6) is 0 Å². The molecule has 0 nitrogen and oxygen atoms in total. The van der Waals surface area contributed by atoms with E-state index in [9.17, 15) is 0 Å². The molecule has 1 unspecified atom stereocenters. The Morgan fingerprint density at radius 1 is 0.481 bits per heavy atom. The molecule has 0 saturated heterocycles. The second-order valence-corrected chi connectivity index (χ2v) is 8.05. The molecule has 0 radical (unpaired) electrons. The average Bonchev–Trinajstić information content (AvgIpc) is 2.63. The summed E-state index contributed by atoms with van der Waals surface area (Å²) in [5, 5.41) is 0. The largest absolute Gasteiger partial charge is 0.0683 e. The zero-order valence-corrected chi connectivity index (χ0v) is 23.1. The quantitative estimate of drug-likeness (QED) is 0.405. The van der Waals surface area contributed by atoms with Gasteiger partial charge >= 0.3 is 0 Å². The number of rotatable bonds is 7. The molecule has 0 aliphatic rings. The molecule has 0 aliphatic heterocycles. The summed E-state index contributed by atoms with van der Waals surface area (Å²) < 4.78 is 0. The lowest BCUT2D eigenvalue weighted by Crippen LogP contribution is -1.89. The van der Waals surface area contributed by atoms with Gasteiger partial charge in [0, 0.05) is 0 Å². The Kier molecular flexibility index (Phi) is 76.9. The zero-order valence-electron chi connectivity index (χ0n) is 23.1. The van der Waals surface area contributed by atoms with E-state index in [2.05, 4.69) is 90.0 Å². The van der Waals surface area contributed by atoms with Crippen LogP contribution in [0.15, 0.2) is 0 Å². The molecule has 174 valence electrons. The van der Waals surface area contributed by atoms with E-state index >= 15 is 0 Å². The average molecular weight is 391 g/mol. The molecule has 0 heterocycles. The van der Waals surface area contributed by atoms with Gasteiger partial charge in [-0.1, -0.05) is 162 Å². The molecular formula is C27H66. The first-order valence-corrected chi connectivity index (χ1v) is 12.7. The van der Waals surface area contributed by atoms with Crippen LogP contribution in [0.3, 0.4) is 0 Å². The summed E-state index contributed by atoms with van der Waals surface area (Å²) in [5.41, 5.74) is 0. The second kappa shape index (κ2) is 50.2. The number of unbranched alkanes of at least 4 members (excludes halogenated alkanes) is 1. The molecule has 0 aliphatic carbocycles. The van der Waals surface area contributed by atoms with E-state index in [1.807, 2.05) is 13.8 Å². The summed E-state index contributed by atoms with van der Waals surface area (Å²) in [6.45, 7) is 32.7. The van der Waals surface area contributed by atoms with Crippen molar-refractivity contribution in [2.75, 3.05) is 0 Å². The van der Waals surface area contributed by atoms with Crippen molar-refractivity contribution in [2.24, 2.45) is 17.8 Å². The van der Waals surface area contributed by atoms with Crippen molar-refractivity contribution >= 4 is 0 Å². The summed E-state index contributed by atoms with van der Waals surface area (Å²) in [6, 6.07) is 0. The molecule has 27 heavy (non-hydrogen) atoms. The van der Waals surface area contributed by atoms with Gasteiger partial charge in [0.2, 0.25) is 0 Å². The maximum Gasteiger partial charge on any atom is -0.0445 e. The highest BCUT2D eigenvalue weighted by Crippen LogP contribution is 2.09. The van der Waals surface area contributed by atoms with Crippen molar-refractivity contribution in [2.45, 2.75) is 162 Å². The third kappa shape index (κ3) is 124. The summed E-state index contributed by atoms with van der Waals surface area (Å²) >= 11 is 0. The Bertz CT molecular complexity index is 144.